The molecule has 0 radical (unpaired) electrons. The fourth-order valence-electron chi connectivity index (χ4n) is 2.89. The van der Waals surface area contributed by atoms with Crippen molar-refractivity contribution in [2.24, 2.45) is 5.92 Å². The Kier molecular flexibility index (Phi) is 4.36. The number of β-amino-alcohol motifs (C(OH)–C–C–N with tert-alkyl or cyclic N) is 1. The van der Waals surface area contributed by atoms with E-state index in [1.165, 1.54) is 0 Å². The van der Waals surface area contributed by atoms with E-state index in [0.29, 0.717) is 17.8 Å². The first kappa shape index (κ1) is 15.9. The number of hydrogen-bond donors (Lipinski definition) is 2. The van der Waals surface area contributed by atoms with Crippen LogP contribution < -0.4 is 5.32 Å². The number of carbonyl (C=O) groups excluding carboxylic acids is 2. The molecule has 0 spiro atoms. The average Bonchev–Trinajstić information content (AvgIpc) is 3.12. The van der Waals surface area contributed by atoms with Crippen LogP contribution in [0, 0.1) is 5.92 Å². The number of nitrogens with one attached hydrogen (secondary N) is 1. The van der Waals surface area contributed by atoms with Gasteiger partial charge < -0.3 is 19.7 Å². The third-order valence-corrected chi connectivity index (χ3v) is 4.54. The average molecular weight is 381 g/mol. The molecular formula is C15H17BrN4O3. The first-order valence-electron chi connectivity index (χ1n) is 7.29. The van der Waals surface area contributed by atoms with Crippen LogP contribution in [-0.2, 0) is 4.79 Å². The van der Waals surface area contributed by atoms with E-state index >= 15 is 0 Å². The molecule has 2 amide bonds. The molecule has 1 saturated heterocycles. The highest BCUT2D eigenvalue weighted by atomic mass is 79.9. The Hall–Kier alpha value is -1.93. The van der Waals surface area contributed by atoms with E-state index in [1.54, 1.807) is 34.8 Å². The number of rotatable bonds is 3. The van der Waals surface area contributed by atoms with E-state index in [2.05, 4.69) is 26.2 Å². The zero-order valence-electron chi connectivity index (χ0n) is 12.6. The number of amides is 2. The molecule has 2 aromatic rings. The second kappa shape index (κ2) is 6.29. The molecule has 7 nitrogen and oxygen atoms in total. The van der Waals surface area contributed by atoms with Crippen LogP contribution in [0.25, 0.3) is 5.65 Å². The molecule has 0 aliphatic carbocycles. The highest BCUT2D eigenvalue weighted by Gasteiger charge is 2.36. The Morgan fingerprint density at radius 1 is 1.48 bits per heavy atom. The normalized spacial score (nSPS) is 20.9. The Morgan fingerprint density at radius 3 is 3.00 bits per heavy atom. The molecule has 122 valence electrons. The van der Waals surface area contributed by atoms with Gasteiger partial charge in [-0.3, -0.25) is 9.59 Å². The fourth-order valence-corrected chi connectivity index (χ4v) is 3.34. The Labute approximate surface area is 141 Å². The highest BCUT2D eigenvalue weighted by Crippen LogP contribution is 2.24. The standard InChI is InChI=1S/C15H17BrN4O3/c1-17-13(22)4-9-6-20(8-12(9)21)15(23)11-5-10(16)7-19-3-2-18-14(11)19/h2-3,5,7,9,12,21H,4,6,8H2,1H3,(H,17,22)/t9-,12-/m1/s1. The number of aliphatic hydroxyl groups is 1. The van der Waals surface area contributed by atoms with Crippen molar-refractivity contribution in [3.8, 4) is 0 Å². The third kappa shape index (κ3) is 3.09. The number of imidazole rings is 1. The maximum Gasteiger partial charge on any atom is 0.257 e. The predicted molar refractivity (Wildman–Crippen MR) is 87.0 cm³/mol. The fraction of sp³-hybridized carbons (Fsp3) is 0.400. The topological polar surface area (TPSA) is 86.9 Å². The number of fused-ring (bicyclic) bond motifs is 1. The number of hydrogen-bond acceptors (Lipinski definition) is 4. The summed E-state index contributed by atoms with van der Waals surface area (Å²) in [5.41, 5.74) is 1.04. The van der Waals surface area contributed by atoms with Gasteiger partial charge in [-0.15, -0.1) is 0 Å². The van der Waals surface area contributed by atoms with Gasteiger partial charge in [0.25, 0.3) is 5.91 Å². The molecule has 3 heterocycles. The van der Waals surface area contributed by atoms with Crippen molar-refractivity contribution >= 4 is 33.4 Å². The van der Waals surface area contributed by atoms with Crippen LogP contribution >= 0.6 is 15.9 Å². The van der Waals surface area contributed by atoms with Crippen molar-refractivity contribution < 1.29 is 14.7 Å². The quantitative estimate of drug-likeness (QED) is 0.818. The molecular weight excluding hydrogens is 364 g/mol. The highest BCUT2D eigenvalue weighted by molar-refractivity contribution is 9.10. The molecule has 3 rings (SSSR count). The molecule has 1 aliphatic rings. The first-order valence-corrected chi connectivity index (χ1v) is 8.09. The van der Waals surface area contributed by atoms with Crippen LogP contribution in [0.5, 0.6) is 0 Å². The van der Waals surface area contributed by atoms with Crippen LogP contribution in [0.4, 0.5) is 0 Å². The van der Waals surface area contributed by atoms with Crippen molar-refractivity contribution in [1.29, 1.82) is 0 Å². The number of aliphatic hydroxyl groups excluding tert-OH is 1. The van der Waals surface area contributed by atoms with Crippen molar-refractivity contribution in [2.75, 3.05) is 20.1 Å². The number of aromatic nitrogens is 2. The largest absolute Gasteiger partial charge is 0.391 e. The van der Waals surface area contributed by atoms with E-state index < -0.39 is 6.10 Å². The molecule has 1 aliphatic heterocycles. The third-order valence-electron chi connectivity index (χ3n) is 4.10. The number of halogens is 1. The molecule has 23 heavy (non-hydrogen) atoms. The Bertz CT molecular complexity index is 760. The number of nitrogens with zero attached hydrogens (tertiary/aromatic N) is 3. The summed E-state index contributed by atoms with van der Waals surface area (Å²) in [4.78, 5) is 30.1. The van der Waals surface area contributed by atoms with Gasteiger partial charge in [0.2, 0.25) is 5.91 Å². The van der Waals surface area contributed by atoms with Gasteiger partial charge in [0.15, 0.2) is 0 Å². The molecule has 2 N–H and O–H groups in total. The van der Waals surface area contributed by atoms with Crippen molar-refractivity contribution in [3.05, 3.63) is 34.7 Å². The SMILES string of the molecule is CNC(=O)C[C@@H]1CN(C(=O)c2cc(Br)cn3ccnc23)C[C@H]1O. The molecule has 2 aromatic heterocycles. The summed E-state index contributed by atoms with van der Waals surface area (Å²) < 4.78 is 2.54. The summed E-state index contributed by atoms with van der Waals surface area (Å²) in [6.45, 7) is 0.576. The van der Waals surface area contributed by atoms with Crippen LogP contribution in [0.3, 0.4) is 0 Å². The van der Waals surface area contributed by atoms with Gasteiger partial charge >= 0.3 is 0 Å². The Morgan fingerprint density at radius 2 is 2.26 bits per heavy atom. The van der Waals surface area contributed by atoms with Crippen molar-refractivity contribution in [1.82, 2.24) is 19.6 Å². The zero-order chi connectivity index (χ0) is 16.6. The monoisotopic (exact) mass is 380 g/mol. The van der Waals surface area contributed by atoms with Crippen LogP contribution in [0.2, 0.25) is 0 Å². The summed E-state index contributed by atoms with van der Waals surface area (Å²) in [7, 11) is 1.56. The Balaban J connectivity index is 1.83. The van der Waals surface area contributed by atoms with Gasteiger partial charge in [-0.05, 0) is 22.0 Å². The molecule has 0 saturated carbocycles. The molecule has 1 fully saturated rings. The lowest BCUT2D eigenvalue weighted by atomic mass is 10.0. The van der Waals surface area contributed by atoms with Gasteiger partial charge in [0, 0.05) is 55.5 Å². The number of carbonyl (C=O) groups is 2. The number of likely N-dealkylation sites (tertiary alicyclic amines) is 1. The lowest BCUT2D eigenvalue weighted by Gasteiger charge is -2.16. The van der Waals surface area contributed by atoms with Gasteiger partial charge in [0.05, 0.1) is 11.7 Å². The van der Waals surface area contributed by atoms with Gasteiger partial charge in [0.1, 0.15) is 5.65 Å². The van der Waals surface area contributed by atoms with E-state index in [1.807, 2.05) is 6.20 Å². The maximum atomic E-state index is 12.8. The van der Waals surface area contributed by atoms with Crippen LogP contribution in [-0.4, -0.2) is 57.4 Å². The minimum Gasteiger partial charge on any atom is -0.391 e. The lowest BCUT2D eigenvalue weighted by Crippen LogP contribution is -2.30. The summed E-state index contributed by atoms with van der Waals surface area (Å²) in [6, 6.07) is 1.73. The second-order valence-electron chi connectivity index (χ2n) is 5.64. The summed E-state index contributed by atoms with van der Waals surface area (Å²) in [5, 5.41) is 12.7. The van der Waals surface area contributed by atoms with Gasteiger partial charge in [-0.1, -0.05) is 0 Å². The molecule has 0 aromatic carbocycles. The first-order chi connectivity index (χ1) is 11.0. The van der Waals surface area contributed by atoms with Crippen LogP contribution in [0.1, 0.15) is 16.8 Å². The second-order valence-corrected chi connectivity index (χ2v) is 6.56. The molecule has 0 unspecified atom stereocenters. The predicted octanol–water partition coefficient (Wildman–Crippen LogP) is 0.666. The maximum absolute atomic E-state index is 12.8. The summed E-state index contributed by atoms with van der Waals surface area (Å²) in [5.74, 6) is -0.579. The smallest absolute Gasteiger partial charge is 0.257 e. The van der Waals surface area contributed by atoms with E-state index in [9.17, 15) is 14.7 Å². The zero-order valence-corrected chi connectivity index (χ0v) is 14.2. The van der Waals surface area contributed by atoms with Gasteiger partial charge in [-0.25, -0.2) is 4.98 Å². The summed E-state index contributed by atoms with van der Waals surface area (Å²) >= 11 is 3.39. The van der Waals surface area contributed by atoms with E-state index in [-0.39, 0.29) is 30.7 Å². The minimum absolute atomic E-state index is 0.138. The van der Waals surface area contributed by atoms with E-state index in [4.69, 9.17) is 0 Å². The summed E-state index contributed by atoms with van der Waals surface area (Å²) in [6.07, 6.45) is 4.74. The van der Waals surface area contributed by atoms with Crippen molar-refractivity contribution in [3.63, 3.8) is 0 Å². The lowest BCUT2D eigenvalue weighted by molar-refractivity contribution is -0.122. The number of pyridine rings is 1. The molecule has 8 heteroatoms. The minimum atomic E-state index is -0.695. The van der Waals surface area contributed by atoms with Gasteiger partial charge in [-0.2, -0.15) is 0 Å². The van der Waals surface area contributed by atoms with E-state index in [0.717, 1.165) is 4.47 Å². The van der Waals surface area contributed by atoms with Crippen molar-refractivity contribution in [2.45, 2.75) is 12.5 Å². The van der Waals surface area contributed by atoms with Crippen LogP contribution in [0.15, 0.2) is 29.1 Å². The molecule has 0 bridgehead atoms. The molecule has 2 atom stereocenters.